The zero-order valence-corrected chi connectivity index (χ0v) is 12.9. The summed E-state index contributed by atoms with van der Waals surface area (Å²) in [5.41, 5.74) is 1.17. The van der Waals surface area contributed by atoms with Crippen LogP contribution in [0.1, 0.15) is 25.5 Å². The van der Waals surface area contributed by atoms with Crippen LogP contribution in [0, 0.1) is 0 Å². The molecule has 4 heteroatoms. The van der Waals surface area contributed by atoms with Crippen LogP contribution in [-0.4, -0.2) is 45.8 Å². The van der Waals surface area contributed by atoms with Gasteiger partial charge < -0.3 is 19.7 Å². The van der Waals surface area contributed by atoms with E-state index in [1.165, 1.54) is 5.56 Å². The molecule has 0 aliphatic heterocycles. The number of hydrogen-bond donors (Lipinski definition) is 1. The van der Waals surface area contributed by atoms with Crippen molar-refractivity contribution in [1.82, 2.24) is 10.2 Å². The van der Waals surface area contributed by atoms with Crippen LogP contribution in [0.25, 0.3) is 0 Å². The minimum atomic E-state index is 0.267. The van der Waals surface area contributed by atoms with Crippen molar-refractivity contribution in [3.05, 3.63) is 23.8 Å². The lowest BCUT2D eigenvalue weighted by atomic mass is 10.0. The molecule has 1 unspecified atom stereocenters. The molecule has 0 aromatic heterocycles. The fraction of sp³-hybridized carbons (Fsp3) is 0.600. The molecule has 0 saturated heterocycles. The van der Waals surface area contributed by atoms with Crippen molar-refractivity contribution >= 4 is 0 Å². The maximum atomic E-state index is 5.49. The lowest BCUT2D eigenvalue weighted by Crippen LogP contribution is -2.34. The third-order valence-corrected chi connectivity index (χ3v) is 3.14. The number of benzene rings is 1. The number of ether oxygens (including phenoxy) is 2. The highest BCUT2D eigenvalue weighted by Gasteiger charge is 2.19. The predicted molar refractivity (Wildman–Crippen MR) is 79.1 cm³/mol. The van der Waals surface area contributed by atoms with Gasteiger partial charge in [-0.05, 0) is 20.2 Å². The summed E-state index contributed by atoms with van der Waals surface area (Å²) < 4.78 is 10.7. The highest BCUT2D eigenvalue weighted by molar-refractivity contribution is 5.42. The molecule has 1 aromatic carbocycles. The van der Waals surface area contributed by atoms with Crippen LogP contribution in [0.3, 0.4) is 0 Å². The van der Waals surface area contributed by atoms with Gasteiger partial charge in [-0.1, -0.05) is 19.9 Å². The summed E-state index contributed by atoms with van der Waals surface area (Å²) in [6, 6.07) is 6.71. The topological polar surface area (TPSA) is 33.7 Å². The Kier molecular flexibility index (Phi) is 6.12. The lowest BCUT2D eigenvalue weighted by molar-refractivity contribution is 0.274. The second-order valence-electron chi connectivity index (χ2n) is 5.15. The van der Waals surface area contributed by atoms with E-state index in [-0.39, 0.29) is 6.04 Å². The number of methoxy groups -OCH3 is 2. The summed E-state index contributed by atoms with van der Waals surface area (Å²) in [5, 5.41) is 3.48. The number of hydrogen-bond acceptors (Lipinski definition) is 4. The third kappa shape index (κ3) is 4.40. The van der Waals surface area contributed by atoms with Gasteiger partial charge >= 0.3 is 0 Å². The molecule has 1 rings (SSSR count). The minimum absolute atomic E-state index is 0.267. The van der Waals surface area contributed by atoms with E-state index in [1.54, 1.807) is 14.2 Å². The van der Waals surface area contributed by atoms with Crippen LogP contribution in [0.4, 0.5) is 0 Å². The van der Waals surface area contributed by atoms with Crippen molar-refractivity contribution in [3.8, 4) is 11.5 Å². The predicted octanol–water partition coefficient (Wildman–Crippen LogP) is 2.30. The monoisotopic (exact) mass is 266 g/mol. The summed E-state index contributed by atoms with van der Waals surface area (Å²) in [7, 11) is 7.52. The maximum absolute atomic E-state index is 5.49. The Labute approximate surface area is 116 Å². The van der Waals surface area contributed by atoms with Gasteiger partial charge in [-0.3, -0.25) is 0 Å². The molecule has 1 aromatic rings. The fourth-order valence-electron chi connectivity index (χ4n) is 2.01. The van der Waals surface area contributed by atoms with Crippen LogP contribution >= 0.6 is 0 Å². The Balaban J connectivity index is 3.00. The molecular weight excluding hydrogens is 240 g/mol. The van der Waals surface area contributed by atoms with Crippen LogP contribution < -0.4 is 14.8 Å². The van der Waals surface area contributed by atoms with Gasteiger partial charge in [0.2, 0.25) is 0 Å². The molecule has 1 atom stereocenters. The van der Waals surface area contributed by atoms with Gasteiger partial charge in [0.25, 0.3) is 0 Å². The largest absolute Gasteiger partial charge is 0.497 e. The Morgan fingerprint density at radius 2 is 1.84 bits per heavy atom. The van der Waals surface area contributed by atoms with Crippen LogP contribution in [0.5, 0.6) is 11.5 Å². The van der Waals surface area contributed by atoms with Gasteiger partial charge in [0.1, 0.15) is 11.5 Å². The summed E-state index contributed by atoms with van der Waals surface area (Å²) in [4.78, 5) is 2.19. The first-order valence-electron chi connectivity index (χ1n) is 6.61. The summed E-state index contributed by atoms with van der Waals surface area (Å²) in [6.45, 7) is 5.18. The van der Waals surface area contributed by atoms with E-state index in [0.717, 1.165) is 18.0 Å². The van der Waals surface area contributed by atoms with Gasteiger partial charge in [0, 0.05) is 24.2 Å². The summed E-state index contributed by atoms with van der Waals surface area (Å²) in [6.07, 6.45) is 0. The van der Waals surface area contributed by atoms with Crippen LogP contribution in [0.2, 0.25) is 0 Å². The summed E-state index contributed by atoms with van der Waals surface area (Å²) in [5.74, 6) is 1.68. The van der Waals surface area contributed by atoms with Crippen molar-refractivity contribution in [2.45, 2.75) is 25.9 Å². The molecule has 0 radical (unpaired) electrons. The first kappa shape index (κ1) is 15.8. The van der Waals surface area contributed by atoms with E-state index in [4.69, 9.17) is 9.47 Å². The fourth-order valence-corrected chi connectivity index (χ4v) is 2.01. The van der Waals surface area contributed by atoms with Gasteiger partial charge in [-0.25, -0.2) is 0 Å². The average molecular weight is 266 g/mol. The average Bonchev–Trinajstić information content (AvgIpc) is 2.38. The van der Waals surface area contributed by atoms with Gasteiger partial charge in [-0.2, -0.15) is 0 Å². The zero-order chi connectivity index (χ0) is 14.4. The number of likely N-dealkylation sites (N-methyl/N-ethyl adjacent to an activating group) is 1. The van der Waals surface area contributed by atoms with Gasteiger partial charge in [0.05, 0.1) is 20.3 Å². The smallest absolute Gasteiger partial charge is 0.127 e. The molecule has 0 fully saturated rings. The molecule has 108 valence electrons. The second kappa shape index (κ2) is 7.36. The standard InChI is InChI=1S/C15H26N2O2/c1-11(2)16-10-14(17(3)4)13-8-7-12(18-5)9-15(13)19-6/h7-9,11,14,16H,10H2,1-6H3. The second-order valence-corrected chi connectivity index (χ2v) is 5.15. The normalized spacial score (nSPS) is 12.8. The Morgan fingerprint density at radius 3 is 2.32 bits per heavy atom. The van der Waals surface area contributed by atoms with Crippen molar-refractivity contribution < 1.29 is 9.47 Å². The molecule has 0 amide bonds. The highest BCUT2D eigenvalue weighted by atomic mass is 16.5. The van der Waals surface area contributed by atoms with Crippen molar-refractivity contribution in [2.75, 3.05) is 34.9 Å². The molecule has 19 heavy (non-hydrogen) atoms. The van der Waals surface area contributed by atoms with Crippen LogP contribution in [0.15, 0.2) is 18.2 Å². The Morgan fingerprint density at radius 1 is 1.16 bits per heavy atom. The van der Waals surface area contributed by atoms with E-state index < -0.39 is 0 Å². The first-order chi connectivity index (χ1) is 8.99. The van der Waals surface area contributed by atoms with Crippen molar-refractivity contribution in [3.63, 3.8) is 0 Å². The SMILES string of the molecule is COc1ccc(C(CNC(C)C)N(C)C)c(OC)c1. The van der Waals surface area contributed by atoms with E-state index in [2.05, 4.69) is 44.2 Å². The minimum Gasteiger partial charge on any atom is -0.497 e. The highest BCUT2D eigenvalue weighted by Crippen LogP contribution is 2.31. The van der Waals surface area contributed by atoms with E-state index in [9.17, 15) is 0 Å². The number of nitrogens with zero attached hydrogens (tertiary/aromatic N) is 1. The third-order valence-electron chi connectivity index (χ3n) is 3.14. The van der Waals surface area contributed by atoms with E-state index >= 15 is 0 Å². The van der Waals surface area contributed by atoms with E-state index in [1.807, 2.05) is 12.1 Å². The maximum Gasteiger partial charge on any atom is 0.127 e. The molecular formula is C15H26N2O2. The molecule has 0 heterocycles. The van der Waals surface area contributed by atoms with E-state index in [0.29, 0.717) is 6.04 Å². The molecule has 0 aliphatic rings. The lowest BCUT2D eigenvalue weighted by Gasteiger charge is -2.27. The molecule has 0 bridgehead atoms. The molecule has 0 spiro atoms. The number of nitrogens with one attached hydrogen (secondary N) is 1. The molecule has 1 N–H and O–H groups in total. The zero-order valence-electron chi connectivity index (χ0n) is 12.9. The first-order valence-corrected chi connectivity index (χ1v) is 6.61. The van der Waals surface area contributed by atoms with Crippen molar-refractivity contribution in [1.29, 1.82) is 0 Å². The van der Waals surface area contributed by atoms with Crippen LogP contribution in [-0.2, 0) is 0 Å². The molecule has 0 saturated carbocycles. The molecule has 4 nitrogen and oxygen atoms in total. The molecule has 0 aliphatic carbocycles. The van der Waals surface area contributed by atoms with Gasteiger partial charge in [-0.15, -0.1) is 0 Å². The Hall–Kier alpha value is -1.26. The Bertz CT molecular complexity index is 392. The van der Waals surface area contributed by atoms with Crippen molar-refractivity contribution in [2.24, 2.45) is 0 Å². The van der Waals surface area contributed by atoms with Gasteiger partial charge in [0.15, 0.2) is 0 Å². The quantitative estimate of drug-likeness (QED) is 0.821. The summed E-state index contributed by atoms with van der Waals surface area (Å²) >= 11 is 0. The number of rotatable bonds is 7.